The number of methoxy groups -OCH3 is 2. The summed E-state index contributed by atoms with van der Waals surface area (Å²) in [6.07, 6.45) is 9.65. The zero-order chi connectivity index (χ0) is 47.9. The molecule has 10 heterocycles. The lowest BCUT2D eigenvalue weighted by Gasteiger charge is -2.16. The van der Waals surface area contributed by atoms with Crippen molar-refractivity contribution in [1.29, 1.82) is 0 Å². The Morgan fingerprint density at radius 2 is 1.09 bits per heavy atom. The Morgan fingerprint density at radius 3 is 1.80 bits per heavy atom. The van der Waals surface area contributed by atoms with Crippen molar-refractivity contribution in [1.82, 2.24) is 39.9 Å². The lowest BCUT2D eigenvalue weighted by atomic mass is 9.86. The number of H-pyrrole nitrogens is 4. The second-order valence-electron chi connectivity index (χ2n) is 19.8. The maximum Gasteiger partial charge on any atom is 0.337 e. The molecule has 0 amide bonds. The van der Waals surface area contributed by atoms with E-state index in [4.69, 9.17) is 29.4 Å². The van der Waals surface area contributed by atoms with Crippen LogP contribution in [0.5, 0.6) is 5.75 Å². The third-order valence-electron chi connectivity index (χ3n) is 13.8. The molecule has 12 rings (SSSR count). The molecule has 0 saturated heterocycles. The van der Waals surface area contributed by atoms with Gasteiger partial charge in [0.05, 0.1) is 53.8 Å². The van der Waals surface area contributed by atoms with Crippen molar-refractivity contribution in [3.05, 3.63) is 172 Å². The fourth-order valence-electron chi connectivity index (χ4n) is 10.1. The van der Waals surface area contributed by atoms with Gasteiger partial charge in [-0.2, -0.15) is 0 Å². The zero-order valence-electron chi connectivity index (χ0n) is 39.8. The molecular weight excluding hydrogens is 869 g/mol. The SMILES string of the molecule is COC(=O)c1ccc(-c2cc3cc4nc(cc5[nH]c(cc6nc(c(OC)c2[nH]3)CC6(C)C)cc5-c2ccc(-c3c5nc(cc6ccc(cc7nc(cc8ccc3[nH]8)C=C7)[nH]6)C=C5)cc2)CC4(C)C)cc1. The van der Waals surface area contributed by atoms with Gasteiger partial charge in [-0.25, -0.2) is 14.8 Å². The number of rotatable bonds is 5. The summed E-state index contributed by atoms with van der Waals surface area (Å²) in [7, 11) is 3.09. The van der Waals surface area contributed by atoms with Crippen molar-refractivity contribution in [3.63, 3.8) is 0 Å². The quantitative estimate of drug-likeness (QED) is 0.126. The van der Waals surface area contributed by atoms with Crippen LogP contribution in [0.1, 0.15) is 83.6 Å². The van der Waals surface area contributed by atoms with Gasteiger partial charge in [0.2, 0.25) is 0 Å². The summed E-state index contributed by atoms with van der Waals surface area (Å²) < 4.78 is 11.3. The first-order chi connectivity index (χ1) is 33.8. The molecule has 0 spiro atoms. The fraction of sp³-hybridized carbons (Fsp3) is 0.169. The van der Waals surface area contributed by atoms with Crippen molar-refractivity contribution in [2.75, 3.05) is 14.2 Å². The molecule has 344 valence electrons. The third-order valence-corrected chi connectivity index (χ3v) is 13.8. The summed E-state index contributed by atoms with van der Waals surface area (Å²) in [5.74, 6) is 0.290. The second-order valence-corrected chi connectivity index (χ2v) is 19.8. The van der Waals surface area contributed by atoms with Gasteiger partial charge in [-0.3, -0.25) is 9.97 Å². The summed E-state index contributed by atoms with van der Waals surface area (Å²) in [6.45, 7) is 8.92. The van der Waals surface area contributed by atoms with E-state index in [1.54, 1.807) is 19.2 Å². The Morgan fingerprint density at radius 1 is 0.514 bits per heavy atom. The first kappa shape index (κ1) is 42.8. The summed E-state index contributed by atoms with van der Waals surface area (Å²) in [6, 6.07) is 41.6. The average Bonchev–Trinajstić information content (AvgIpc) is 4.22. The molecule has 4 N–H and O–H groups in total. The van der Waals surface area contributed by atoms with Crippen molar-refractivity contribution >= 4 is 74.4 Å². The Labute approximate surface area is 404 Å². The van der Waals surface area contributed by atoms with Gasteiger partial charge in [0.15, 0.2) is 5.75 Å². The minimum atomic E-state index is -0.380. The monoisotopic (exact) mass is 918 g/mol. The van der Waals surface area contributed by atoms with E-state index in [1.165, 1.54) is 7.11 Å². The van der Waals surface area contributed by atoms with Crippen molar-refractivity contribution in [2.24, 2.45) is 0 Å². The molecule has 6 aromatic heterocycles. The lowest BCUT2D eigenvalue weighted by Crippen LogP contribution is -2.15. The first-order valence-corrected chi connectivity index (χ1v) is 23.5. The molecular formula is C59H50N8O3. The van der Waals surface area contributed by atoms with Gasteiger partial charge in [-0.05, 0) is 126 Å². The van der Waals surface area contributed by atoms with E-state index in [-0.39, 0.29) is 16.8 Å². The summed E-state index contributed by atoms with van der Waals surface area (Å²) in [5.41, 5.74) is 20.7. The molecule has 0 unspecified atom stereocenters. The van der Waals surface area contributed by atoms with E-state index in [0.29, 0.717) is 17.7 Å². The number of carbonyl (C=O) groups excluding carboxylic acids is 1. The molecule has 8 aromatic rings. The molecule has 11 heteroatoms. The van der Waals surface area contributed by atoms with Crippen LogP contribution in [-0.2, 0) is 28.4 Å². The number of aromatic nitrogens is 8. The number of hydrogen-bond acceptors (Lipinski definition) is 7. The van der Waals surface area contributed by atoms with Gasteiger partial charge in [-0.1, -0.05) is 64.1 Å². The maximum absolute atomic E-state index is 12.3. The van der Waals surface area contributed by atoms with Gasteiger partial charge < -0.3 is 29.4 Å². The number of fused-ring (bicyclic) bond motifs is 16. The number of aromatic amines is 4. The Bertz CT molecular complexity index is 3880. The number of nitrogens with one attached hydrogen (secondary N) is 4. The van der Waals surface area contributed by atoms with Crippen LogP contribution in [0.3, 0.4) is 0 Å². The molecule has 70 heavy (non-hydrogen) atoms. The molecule has 0 atom stereocenters. The van der Waals surface area contributed by atoms with E-state index in [2.05, 4.69) is 151 Å². The smallest absolute Gasteiger partial charge is 0.337 e. The second kappa shape index (κ2) is 16.3. The highest BCUT2D eigenvalue weighted by Gasteiger charge is 2.32. The predicted molar refractivity (Wildman–Crippen MR) is 281 cm³/mol. The van der Waals surface area contributed by atoms with Gasteiger partial charge in [0.25, 0.3) is 0 Å². The number of benzene rings is 2. The topological polar surface area (TPSA) is 150 Å². The van der Waals surface area contributed by atoms with Crippen LogP contribution < -0.4 is 4.74 Å². The number of esters is 1. The third kappa shape index (κ3) is 7.79. The molecule has 11 nitrogen and oxygen atoms in total. The molecule has 2 aromatic carbocycles. The van der Waals surface area contributed by atoms with Crippen molar-refractivity contribution in [2.45, 2.75) is 51.4 Å². The molecule has 4 aliphatic rings. The maximum atomic E-state index is 12.3. The largest absolute Gasteiger partial charge is 0.493 e. The van der Waals surface area contributed by atoms with Gasteiger partial charge in [-0.15, -0.1) is 0 Å². The minimum absolute atomic E-state index is 0.247. The molecule has 4 aliphatic heterocycles. The normalized spacial score (nSPS) is 14.5. The van der Waals surface area contributed by atoms with Crippen LogP contribution >= 0.6 is 0 Å². The number of carbonyl (C=O) groups is 1. The first-order valence-electron chi connectivity index (χ1n) is 23.5. The lowest BCUT2D eigenvalue weighted by molar-refractivity contribution is 0.0600. The van der Waals surface area contributed by atoms with Crippen LogP contribution in [-0.4, -0.2) is 60.1 Å². The van der Waals surface area contributed by atoms with Crippen molar-refractivity contribution < 1.29 is 14.3 Å². The highest BCUT2D eigenvalue weighted by Crippen LogP contribution is 2.41. The van der Waals surface area contributed by atoms with E-state index >= 15 is 0 Å². The zero-order valence-corrected chi connectivity index (χ0v) is 39.8. The standard InChI is InChI=1S/C59H50N8O3/c1-58(2)31-45-28-50-46(33-7-11-35(12-8-33)54-48-21-19-41(62-48)24-39-17-15-37(60-39)23-38-16-18-40(61-38)25-42-20-22-49(54)63-42)26-43(64-50)29-53-59(3,4)32-51(67-53)56(69-5)55-47(27-44(66-55)30-52(58)65-45)34-9-13-36(14-10-34)57(68)70-6/h7-30,60,63-64,66H,31-32H2,1-6H3. The van der Waals surface area contributed by atoms with E-state index < -0.39 is 0 Å². The van der Waals surface area contributed by atoms with Gasteiger partial charge >= 0.3 is 5.97 Å². The Hall–Kier alpha value is -8.57. The molecule has 16 bridgehead atoms. The summed E-state index contributed by atoms with van der Waals surface area (Å²) in [5, 5.41) is 0. The Balaban J connectivity index is 1.02. The molecule has 0 fully saturated rings. The average molecular weight is 919 g/mol. The molecule has 0 aliphatic carbocycles. The Kier molecular flexibility index (Phi) is 9.96. The highest BCUT2D eigenvalue weighted by atomic mass is 16.5. The van der Waals surface area contributed by atoms with E-state index in [0.717, 1.165) is 129 Å². The van der Waals surface area contributed by atoms with E-state index in [9.17, 15) is 4.79 Å². The van der Waals surface area contributed by atoms with E-state index in [1.807, 2.05) is 30.4 Å². The highest BCUT2D eigenvalue weighted by molar-refractivity contribution is 5.95. The van der Waals surface area contributed by atoms with Crippen LogP contribution in [0.15, 0.2) is 121 Å². The number of nitrogens with zero attached hydrogens (tertiary/aromatic N) is 4. The molecule has 0 radical (unpaired) electrons. The van der Waals surface area contributed by atoms with Gasteiger partial charge in [0, 0.05) is 96.1 Å². The van der Waals surface area contributed by atoms with Crippen LogP contribution in [0, 0.1) is 0 Å². The minimum Gasteiger partial charge on any atom is -0.493 e. The van der Waals surface area contributed by atoms with Crippen LogP contribution in [0.2, 0.25) is 0 Å². The fourth-order valence-corrected chi connectivity index (χ4v) is 10.1. The van der Waals surface area contributed by atoms with Gasteiger partial charge in [0.1, 0.15) is 0 Å². The molecule has 0 saturated carbocycles. The van der Waals surface area contributed by atoms with Crippen LogP contribution in [0.25, 0.3) is 102 Å². The number of hydrogen-bond donors (Lipinski definition) is 4. The summed E-state index contributed by atoms with van der Waals surface area (Å²) >= 11 is 0. The van der Waals surface area contributed by atoms with Crippen molar-refractivity contribution in [3.8, 4) is 39.1 Å². The summed E-state index contributed by atoms with van der Waals surface area (Å²) in [4.78, 5) is 47.6. The van der Waals surface area contributed by atoms with Crippen LogP contribution in [0.4, 0.5) is 0 Å². The number of ether oxygens (including phenoxy) is 2. The predicted octanol–water partition coefficient (Wildman–Crippen LogP) is 13.1.